The van der Waals surface area contributed by atoms with Gasteiger partial charge >= 0.3 is 6.03 Å². The van der Waals surface area contributed by atoms with Crippen molar-refractivity contribution in [3.8, 4) is 11.4 Å². The van der Waals surface area contributed by atoms with Crippen LogP contribution in [0.1, 0.15) is 24.2 Å². The molecule has 1 saturated heterocycles. The van der Waals surface area contributed by atoms with E-state index in [4.69, 9.17) is 11.6 Å². The van der Waals surface area contributed by atoms with E-state index in [2.05, 4.69) is 15.0 Å². The van der Waals surface area contributed by atoms with Crippen molar-refractivity contribution in [1.82, 2.24) is 14.5 Å². The van der Waals surface area contributed by atoms with Crippen molar-refractivity contribution in [2.75, 3.05) is 28.2 Å². The summed E-state index contributed by atoms with van der Waals surface area (Å²) in [5.41, 5.74) is 1.40. The first kappa shape index (κ1) is 26.2. The van der Waals surface area contributed by atoms with E-state index in [9.17, 15) is 22.8 Å². The Morgan fingerprint density at radius 3 is 2.30 bits per heavy atom. The Morgan fingerprint density at radius 2 is 1.73 bits per heavy atom. The zero-order valence-electron chi connectivity index (χ0n) is 20.7. The molecule has 0 atom stereocenters. The molecule has 2 N–H and O–H groups in total. The van der Waals surface area contributed by atoms with Crippen molar-refractivity contribution in [1.29, 1.82) is 0 Å². The van der Waals surface area contributed by atoms with Gasteiger partial charge in [-0.1, -0.05) is 11.6 Å². The van der Waals surface area contributed by atoms with E-state index in [0.717, 1.165) is 11.2 Å². The number of carbonyl (C=O) groups is 3. The van der Waals surface area contributed by atoms with Crippen LogP contribution >= 0.6 is 11.6 Å². The number of likely N-dealkylation sites (N-methyl/N-ethyl adjacent to an activating group) is 1. The SMILES string of the molecule is CN1C(=O)N(c2ccc(-c3cc(C(=O)Nc4cc(Cl)cc(NS(C)(=O)=O)c4)cn3C)nc2)C(=O)C1(C)C. The first-order valence-corrected chi connectivity index (χ1v) is 13.3. The number of rotatable bonds is 6. The zero-order chi connectivity index (χ0) is 27.3. The first-order valence-electron chi connectivity index (χ1n) is 11.0. The fourth-order valence-corrected chi connectivity index (χ4v) is 4.65. The molecule has 11 nitrogen and oxygen atoms in total. The van der Waals surface area contributed by atoms with Crippen molar-refractivity contribution in [2.45, 2.75) is 19.4 Å². The van der Waals surface area contributed by atoms with E-state index >= 15 is 0 Å². The molecule has 0 spiro atoms. The van der Waals surface area contributed by atoms with Gasteiger partial charge in [-0.15, -0.1) is 0 Å². The number of halogens is 1. The van der Waals surface area contributed by atoms with Crippen molar-refractivity contribution in [2.24, 2.45) is 7.05 Å². The Balaban J connectivity index is 1.55. The number of aryl methyl sites for hydroxylation is 1. The number of sulfonamides is 1. The summed E-state index contributed by atoms with van der Waals surface area (Å²) in [6.45, 7) is 3.36. The van der Waals surface area contributed by atoms with Gasteiger partial charge in [0.2, 0.25) is 10.0 Å². The highest BCUT2D eigenvalue weighted by atomic mass is 35.5. The highest BCUT2D eigenvalue weighted by molar-refractivity contribution is 7.92. The minimum atomic E-state index is -3.52. The van der Waals surface area contributed by atoms with Crippen LogP contribution in [0.4, 0.5) is 21.9 Å². The maximum absolute atomic E-state index is 12.9. The number of hydrogen-bond acceptors (Lipinski definition) is 6. The van der Waals surface area contributed by atoms with Crippen LogP contribution in [0.2, 0.25) is 5.02 Å². The molecule has 1 fully saturated rings. The predicted molar refractivity (Wildman–Crippen MR) is 141 cm³/mol. The van der Waals surface area contributed by atoms with E-state index in [-0.39, 0.29) is 16.6 Å². The summed E-state index contributed by atoms with van der Waals surface area (Å²) in [7, 11) is -0.197. The zero-order valence-corrected chi connectivity index (χ0v) is 22.3. The molecule has 1 aliphatic heterocycles. The maximum atomic E-state index is 12.9. The topological polar surface area (TPSA) is 134 Å². The van der Waals surface area contributed by atoms with Gasteiger partial charge in [0.1, 0.15) is 5.54 Å². The summed E-state index contributed by atoms with van der Waals surface area (Å²) in [5, 5.41) is 2.95. The van der Waals surface area contributed by atoms with Crippen LogP contribution in [0.25, 0.3) is 11.4 Å². The standard InChI is InChI=1S/C24H25ClN6O5S/c1-24(2)22(33)31(23(34)30(24)4)18-6-7-19(26-12-18)20-8-14(13-29(20)3)21(32)27-16-9-15(25)10-17(11-16)28-37(5,35)36/h6-13,28H,1-5H3,(H,27,32). The third-order valence-electron chi connectivity index (χ3n) is 6.04. The highest BCUT2D eigenvalue weighted by Gasteiger charge is 2.50. The maximum Gasteiger partial charge on any atom is 0.332 e. The van der Waals surface area contributed by atoms with Crippen molar-refractivity contribution < 1.29 is 22.8 Å². The molecule has 2 aromatic heterocycles. The van der Waals surface area contributed by atoms with Crippen LogP contribution in [-0.4, -0.2) is 59.6 Å². The second-order valence-corrected chi connectivity index (χ2v) is 11.4. The summed E-state index contributed by atoms with van der Waals surface area (Å²) < 4.78 is 27.1. The summed E-state index contributed by atoms with van der Waals surface area (Å²) in [4.78, 5) is 45.1. The number of aromatic nitrogens is 2. The van der Waals surface area contributed by atoms with Crippen LogP contribution in [0.3, 0.4) is 0 Å². The second kappa shape index (κ2) is 9.20. The summed E-state index contributed by atoms with van der Waals surface area (Å²) in [5.74, 6) is -0.784. The highest BCUT2D eigenvalue weighted by Crippen LogP contribution is 2.31. The molecule has 3 aromatic rings. The minimum Gasteiger partial charge on any atom is -0.348 e. The normalized spacial score (nSPS) is 15.3. The molecule has 4 rings (SSSR count). The van der Waals surface area contributed by atoms with Crippen LogP contribution in [-0.2, 0) is 21.9 Å². The molecule has 4 amide bonds. The number of nitrogens with zero attached hydrogens (tertiary/aromatic N) is 4. The predicted octanol–water partition coefficient (Wildman–Crippen LogP) is 3.54. The summed E-state index contributed by atoms with van der Waals surface area (Å²) in [6, 6.07) is 8.88. The van der Waals surface area contributed by atoms with E-state index in [0.29, 0.717) is 28.3 Å². The molecule has 0 radical (unpaired) electrons. The minimum absolute atomic E-state index is 0.216. The van der Waals surface area contributed by atoms with Gasteiger partial charge in [-0.05, 0) is 50.2 Å². The van der Waals surface area contributed by atoms with E-state index < -0.39 is 27.5 Å². The lowest BCUT2D eigenvalue weighted by Crippen LogP contribution is -2.41. The molecule has 1 aliphatic rings. The number of pyridine rings is 1. The van der Waals surface area contributed by atoms with E-state index in [1.54, 1.807) is 56.9 Å². The fraction of sp³-hybridized carbons (Fsp3) is 0.250. The van der Waals surface area contributed by atoms with Gasteiger partial charge in [0.25, 0.3) is 11.8 Å². The molecule has 0 saturated carbocycles. The monoisotopic (exact) mass is 544 g/mol. The molecule has 0 bridgehead atoms. The quantitative estimate of drug-likeness (QED) is 0.456. The Labute approximate surface area is 219 Å². The first-order chi connectivity index (χ1) is 17.2. The average Bonchev–Trinajstić information content (AvgIpc) is 3.24. The number of nitrogens with one attached hydrogen (secondary N) is 2. The van der Waals surface area contributed by atoms with Gasteiger partial charge in [-0.2, -0.15) is 0 Å². The fourth-order valence-electron chi connectivity index (χ4n) is 3.87. The van der Waals surface area contributed by atoms with E-state index in [1.807, 2.05) is 0 Å². The number of carbonyl (C=O) groups excluding carboxylic acids is 3. The van der Waals surface area contributed by atoms with Crippen molar-refractivity contribution >= 4 is 56.5 Å². The summed E-state index contributed by atoms with van der Waals surface area (Å²) in [6.07, 6.45) is 4.07. The lowest BCUT2D eigenvalue weighted by Gasteiger charge is -2.22. The Kier molecular flexibility index (Phi) is 6.51. The van der Waals surface area contributed by atoms with Crippen LogP contribution in [0, 0.1) is 0 Å². The number of imide groups is 1. The Morgan fingerprint density at radius 1 is 1.05 bits per heavy atom. The van der Waals surface area contributed by atoms with Crippen LogP contribution in [0.5, 0.6) is 0 Å². The lowest BCUT2D eigenvalue weighted by molar-refractivity contribution is -0.123. The number of urea groups is 1. The molecule has 13 heteroatoms. The molecule has 0 unspecified atom stereocenters. The largest absolute Gasteiger partial charge is 0.348 e. The second-order valence-electron chi connectivity index (χ2n) is 9.22. The van der Waals surface area contributed by atoms with Gasteiger partial charge in [-0.3, -0.25) is 19.3 Å². The number of benzene rings is 1. The molecule has 37 heavy (non-hydrogen) atoms. The van der Waals surface area contributed by atoms with E-state index in [1.165, 1.54) is 29.3 Å². The van der Waals surface area contributed by atoms with Crippen molar-refractivity contribution in [3.63, 3.8) is 0 Å². The molecule has 194 valence electrons. The third-order valence-corrected chi connectivity index (χ3v) is 6.86. The number of anilines is 3. The lowest BCUT2D eigenvalue weighted by atomic mass is 10.1. The molecular weight excluding hydrogens is 520 g/mol. The Hall–Kier alpha value is -3.90. The van der Waals surface area contributed by atoms with Gasteiger partial charge in [0.15, 0.2) is 0 Å². The molecular formula is C24H25ClN6O5S. The average molecular weight is 545 g/mol. The van der Waals surface area contributed by atoms with Gasteiger partial charge in [0.05, 0.1) is 40.8 Å². The van der Waals surface area contributed by atoms with Crippen LogP contribution in [0.15, 0.2) is 48.8 Å². The Bertz CT molecular complexity index is 1530. The molecule has 1 aromatic carbocycles. The number of amides is 4. The molecule has 0 aliphatic carbocycles. The van der Waals surface area contributed by atoms with Gasteiger partial charge < -0.3 is 14.8 Å². The van der Waals surface area contributed by atoms with Gasteiger partial charge in [-0.25, -0.2) is 18.1 Å². The van der Waals surface area contributed by atoms with Gasteiger partial charge in [0, 0.05) is 31.0 Å². The smallest absolute Gasteiger partial charge is 0.332 e. The molecule has 3 heterocycles. The number of hydrogen-bond donors (Lipinski definition) is 2. The van der Waals surface area contributed by atoms with Crippen LogP contribution < -0.4 is 14.9 Å². The third kappa shape index (κ3) is 5.16. The van der Waals surface area contributed by atoms with Crippen molar-refractivity contribution in [3.05, 3.63) is 59.4 Å². The summed E-state index contributed by atoms with van der Waals surface area (Å²) >= 11 is 6.07.